The fourth-order valence-electron chi connectivity index (χ4n) is 3.95. The number of aromatic amines is 1. The Hall–Kier alpha value is -2.48. The van der Waals surface area contributed by atoms with Gasteiger partial charge in [0.1, 0.15) is 17.8 Å². The summed E-state index contributed by atoms with van der Waals surface area (Å²) in [4.78, 5) is 24.8. The Kier molecular flexibility index (Phi) is 5.54. The number of anilines is 1. The SMILES string of the molecule is COC[C@]1(O)CC[C@@H](Nc2ncnc3[nH]cc(C(=O)c4ccccc4Cl)c23)CC1. The molecule has 0 atom stereocenters. The molecule has 0 aliphatic heterocycles. The number of fused-ring (bicyclic) bond motifs is 1. The van der Waals surface area contributed by atoms with E-state index in [9.17, 15) is 9.90 Å². The van der Waals surface area contributed by atoms with Crippen molar-refractivity contribution in [2.24, 2.45) is 0 Å². The van der Waals surface area contributed by atoms with Crippen LogP contribution in [0.15, 0.2) is 36.8 Å². The molecule has 0 amide bonds. The van der Waals surface area contributed by atoms with Crippen LogP contribution in [0.2, 0.25) is 5.02 Å². The van der Waals surface area contributed by atoms with Crippen molar-refractivity contribution in [1.29, 1.82) is 0 Å². The zero-order valence-electron chi connectivity index (χ0n) is 16.1. The van der Waals surface area contributed by atoms with Gasteiger partial charge in [-0.05, 0) is 37.8 Å². The number of hydrogen-bond donors (Lipinski definition) is 3. The topological polar surface area (TPSA) is 100 Å². The van der Waals surface area contributed by atoms with Crippen molar-refractivity contribution in [1.82, 2.24) is 15.0 Å². The smallest absolute Gasteiger partial charge is 0.196 e. The number of H-pyrrole nitrogens is 1. The van der Waals surface area contributed by atoms with Gasteiger partial charge in [0.25, 0.3) is 0 Å². The van der Waals surface area contributed by atoms with Crippen molar-refractivity contribution < 1.29 is 14.6 Å². The molecule has 2 heterocycles. The van der Waals surface area contributed by atoms with Gasteiger partial charge in [-0.1, -0.05) is 23.7 Å². The van der Waals surface area contributed by atoms with Crippen LogP contribution in [0.5, 0.6) is 0 Å². The second kappa shape index (κ2) is 8.10. The molecule has 7 nitrogen and oxygen atoms in total. The zero-order valence-corrected chi connectivity index (χ0v) is 16.9. The number of hydrogen-bond acceptors (Lipinski definition) is 6. The Morgan fingerprint density at radius 1 is 1.31 bits per heavy atom. The minimum atomic E-state index is -0.771. The van der Waals surface area contributed by atoms with Gasteiger partial charge in [0, 0.05) is 24.9 Å². The van der Waals surface area contributed by atoms with Crippen LogP contribution >= 0.6 is 11.6 Å². The van der Waals surface area contributed by atoms with Gasteiger partial charge in [0.2, 0.25) is 0 Å². The maximum Gasteiger partial charge on any atom is 0.196 e. The summed E-state index contributed by atoms with van der Waals surface area (Å²) in [5.74, 6) is 0.423. The summed E-state index contributed by atoms with van der Waals surface area (Å²) in [6.07, 6.45) is 5.97. The summed E-state index contributed by atoms with van der Waals surface area (Å²) in [6, 6.07) is 7.12. The number of carbonyl (C=O) groups excluding carboxylic acids is 1. The van der Waals surface area contributed by atoms with E-state index in [-0.39, 0.29) is 11.8 Å². The third-order valence-corrected chi connectivity index (χ3v) is 5.83. The van der Waals surface area contributed by atoms with Crippen molar-refractivity contribution in [3.63, 3.8) is 0 Å². The Morgan fingerprint density at radius 2 is 2.07 bits per heavy atom. The van der Waals surface area contributed by atoms with Crippen molar-refractivity contribution in [2.75, 3.05) is 19.0 Å². The molecule has 3 N–H and O–H groups in total. The molecule has 0 unspecified atom stereocenters. The second-order valence-electron chi connectivity index (χ2n) is 7.53. The molecule has 29 heavy (non-hydrogen) atoms. The number of halogens is 1. The predicted octanol–water partition coefficient (Wildman–Crippen LogP) is 3.57. The molecule has 0 spiro atoms. The summed E-state index contributed by atoms with van der Waals surface area (Å²) in [5, 5.41) is 15.0. The lowest BCUT2D eigenvalue weighted by Crippen LogP contribution is -2.41. The number of rotatable bonds is 6. The number of methoxy groups -OCH3 is 1. The predicted molar refractivity (Wildman–Crippen MR) is 111 cm³/mol. The fourth-order valence-corrected chi connectivity index (χ4v) is 4.17. The van der Waals surface area contributed by atoms with E-state index in [0.29, 0.717) is 52.4 Å². The molecule has 4 rings (SSSR count). The van der Waals surface area contributed by atoms with Crippen LogP contribution in [0.3, 0.4) is 0 Å². The molecule has 152 valence electrons. The van der Waals surface area contributed by atoms with E-state index in [0.717, 1.165) is 12.8 Å². The summed E-state index contributed by atoms with van der Waals surface area (Å²) in [6.45, 7) is 0.339. The lowest BCUT2D eigenvalue weighted by atomic mass is 9.82. The van der Waals surface area contributed by atoms with E-state index in [1.54, 1.807) is 37.6 Å². The normalized spacial score (nSPS) is 22.0. The molecule has 1 aliphatic carbocycles. The van der Waals surface area contributed by atoms with Crippen molar-refractivity contribution in [3.05, 3.63) is 52.9 Å². The van der Waals surface area contributed by atoms with Gasteiger partial charge in [0.05, 0.1) is 28.2 Å². The van der Waals surface area contributed by atoms with Crippen molar-refractivity contribution in [2.45, 2.75) is 37.3 Å². The Bertz CT molecular complexity index is 1030. The van der Waals surface area contributed by atoms with Gasteiger partial charge in [-0.25, -0.2) is 9.97 Å². The largest absolute Gasteiger partial charge is 0.387 e. The summed E-state index contributed by atoms with van der Waals surface area (Å²) in [5.41, 5.74) is 0.729. The monoisotopic (exact) mass is 414 g/mol. The Balaban J connectivity index is 1.61. The van der Waals surface area contributed by atoms with E-state index >= 15 is 0 Å². The van der Waals surface area contributed by atoms with Crippen LogP contribution in [0.4, 0.5) is 5.82 Å². The first kappa shape index (κ1) is 19.8. The van der Waals surface area contributed by atoms with Gasteiger partial charge >= 0.3 is 0 Å². The molecule has 1 fully saturated rings. The van der Waals surface area contributed by atoms with Gasteiger partial charge < -0.3 is 20.1 Å². The number of aliphatic hydroxyl groups is 1. The van der Waals surface area contributed by atoms with E-state index in [1.807, 2.05) is 0 Å². The molecule has 2 aromatic heterocycles. The fraction of sp³-hybridized carbons (Fsp3) is 0.381. The van der Waals surface area contributed by atoms with E-state index in [1.165, 1.54) is 6.33 Å². The highest BCUT2D eigenvalue weighted by Crippen LogP contribution is 2.33. The number of nitrogens with one attached hydrogen (secondary N) is 2. The Morgan fingerprint density at radius 3 is 2.79 bits per heavy atom. The molecule has 3 aromatic rings. The molecular formula is C21H23ClN4O3. The molecule has 1 aromatic carbocycles. The number of aromatic nitrogens is 3. The third-order valence-electron chi connectivity index (χ3n) is 5.50. The number of carbonyl (C=O) groups is 1. The van der Waals surface area contributed by atoms with Crippen LogP contribution in [0.25, 0.3) is 11.0 Å². The van der Waals surface area contributed by atoms with Crippen LogP contribution in [-0.2, 0) is 4.74 Å². The van der Waals surface area contributed by atoms with Gasteiger partial charge in [-0.3, -0.25) is 4.79 Å². The minimum absolute atomic E-state index is 0.142. The maximum absolute atomic E-state index is 13.1. The number of benzene rings is 1. The summed E-state index contributed by atoms with van der Waals surface area (Å²) in [7, 11) is 1.60. The molecule has 0 bridgehead atoms. The molecule has 8 heteroatoms. The molecule has 1 saturated carbocycles. The first-order chi connectivity index (χ1) is 14.0. The quantitative estimate of drug-likeness (QED) is 0.533. The van der Waals surface area contributed by atoms with E-state index in [4.69, 9.17) is 16.3 Å². The lowest BCUT2D eigenvalue weighted by Gasteiger charge is -2.36. The average Bonchev–Trinajstić information content (AvgIpc) is 3.15. The highest BCUT2D eigenvalue weighted by molar-refractivity contribution is 6.35. The van der Waals surface area contributed by atoms with Crippen LogP contribution in [-0.4, -0.2) is 51.2 Å². The number of nitrogens with zero attached hydrogens (tertiary/aromatic N) is 2. The first-order valence-electron chi connectivity index (χ1n) is 9.60. The number of ketones is 1. The lowest BCUT2D eigenvalue weighted by molar-refractivity contribution is -0.0572. The molecule has 0 saturated heterocycles. The Labute approximate surface area is 173 Å². The minimum Gasteiger partial charge on any atom is -0.387 e. The van der Waals surface area contributed by atoms with E-state index in [2.05, 4.69) is 20.3 Å². The standard InChI is InChI=1S/C21H23ClN4O3/c1-29-11-21(28)8-6-13(7-9-21)26-20-17-15(10-23-19(17)24-12-25-20)18(27)14-4-2-3-5-16(14)22/h2-5,10,12-13,28H,6-9,11H2,1H3,(H2,23,24,25,26)/t13-,21+. The molecular weight excluding hydrogens is 392 g/mol. The third kappa shape index (κ3) is 3.99. The zero-order chi connectivity index (χ0) is 20.4. The van der Waals surface area contributed by atoms with Crippen molar-refractivity contribution >= 4 is 34.2 Å². The summed E-state index contributed by atoms with van der Waals surface area (Å²) >= 11 is 6.22. The molecule has 1 aliphatic rings. The highest BCUT2D eigenvalue weighted by Gasteiger charge is 2.33. The first-order valence-corrected chi connectivity index (χ1v) is 9.98. The van der Waals surface area contributed by atoms with Crippen LogP contribution in [0, 0.1) is 0 Å². The van der Waals surface area contributed by atoms with Crippen molar-refractivity contribution in [3.8, 4) is 0 Å². The van der Waals surface area contributed by atoms with Gasteiger partial charge in [0.15, 0.2) is 5.78 Å². The number of ether oxygens (including phenoxy) is 1. The molecule has 0 radical (unpaired) electrons. The van der Waals surface area contributed by atoms with Gasteiger partial charge in [-0.15, -0.1) is 0 Å². The van der Waals surface area contributed by atoms with Crippen LogP contribution in [0.1, 0.15) is 41.6 Å². The van der Waals surface area contributed by atoms with Gasteiger partial charge in [-0.2, -0.15) is 0 Å². The maximum atomic E-state index is 13.1. The van der Waals surface area contributed by atoms with Crippen LogP contribution < -0.4 is 5.32 Å². The highest BCUT2D eigenvalue weighted by atomic mass is 35.5. The van der Waals surface area contributed by atoms with E-state index < -0.39 is 5.60 Å². The average molecular weight is 415 g/mol. The summed E-state index contributed by atoms with van der Waals surface area (Å²) < 4.78 is 5.14. The second-order valence-corrected chi connectivity index (χ2v) is 7.94.